The number of benzene rings is 1. The topological polar surface area (TPSA) is 51.4 Å². The fraction of sp³-hybridized carbons (Fsp3) is 0.550. The summed E-state index contributed by atoms with van der Waals surface area (Å²) in [5.41, 5.74) is 2.30. The summed E-state index contributed by atoms with van der Waals surface area (Å²) in [5.74, 6) is 0. The molecule has 0 bridgehead atoms. The van der Waals surface area contributed by atoms with Crippen LogP contribution in [0.2, 0.25) is 0 Å². The number of hydrogen-bond donors (Lipinski definition) is 2. The van der Waals surface area contributed by atoms with Crippen molar-refractivity contribution >= 4 is 16.9 Å². The highest BCUT2D eigenvalue weighted by Crippen LogP contribution is 2.16. The Kier molecular flexibility index (Phi) is 5.97. The molecule has 1 aromatic carbocycles. The Balaban J connectivity index is 1.54. The Morgan fingerprint density at radius 2 is 2.08 bits per heavy atom. The largest absolute Gasteiger partial charge is 0.361 e. The summed E-state index contributed by atoms with van der Waals surface area (Å²) in [6.45, 7) is 8.98. The van der Waals surface area contributed by atoms with Crippen LogP contribution in [0.5, 0.6) is 0 Å². The van der Waals surface area contributed by atoms with Crippen molar-refractivity contribution in [3.63, 3.8) is 0 Å². The number of urea groups is 1. The zero-order chi connectivity index (χ0) is 17.6. The van der Waals surface area contributed by atoms with Gasteiger partial charge in [0.25, 0.3) is 0 Å². The first kappa shape index (κ1) is 17.8. The van der Waals surface area contributed by atoms with Crippen molar-refractivity contribution < 1.29 is 4.79 Å². The van der Waals surface area contributed by atoms with Gasteiger partial charge in [-0.25, -0.2) is 4.79 Å². The van der Waals surface area contributed by atoms with Crippen molar-refractivity contribution in [2.24, 2.45) is 0 Å². The number of hydrogen-bond acceptors (Lipinski definition) is 2. The monoisotopic (exact) mass is 342 g/mol. The van der Waals surface area contributed by atoms with E-state index in [-0.39, 0.29) is 6.03 Å². The average Bonchev–Trinajstić information content (AvgIpc) is 3.09. The Bertz CT molecular complexity index is 688. The lowest BCUT2D eigenvalue weighted by Gasteiger charge is -2.33. The molecule has 0 atom stereocenters. The fourth-order valence-corrected chi connectivity index (χ4v) is 3.63. The molecule has 0 radical (unpaired) electrons. The van der Waals surface area contributed by atoms with Gasteiger partial charge >= 0.3 is 6.03 Å². The van der Waals surface area contributed by atoms with Crippen molar-refractivity contribution in [3.05, 3.63) is 36.0 Å². The molecule has 2 N–H and O–H groups in total. The number of likely N-dealkylation sites (tertiary alicyclic amines) is 1. The predicted molar refractivity (Wildman–Crippen MR) is 103 cm³/mol. The van der Waals surface area contributed by atoms with E-state index in [0.717, 1.165) is 31.4 Å². The van der Waals surface area contributed by atoms with Crippen LogP contribution >= 0.6 is 0 Å². The number of rotatable bonds is 6. The molecule has 0 unspecified atom stereocenters. The van der Waals surface area contributed by atoms with Gasteiger partial charge in [0.05, 0.1) is 0 Å². The third-order valence-corrected chi connectivity index (χ3v) is 5.12. The summed E-state index contributed by atoms with van der Waals surface area (Å²) < 4.78 is 0. The van der Waals surface area contributed by atoms with Gasteiger partial charge in [-0.2, -0.15) is 0 Å². The van der Waals surface area contributed by atoms with Crippen molar-refractivity contribution in [3.8, 4) is 0 Å². The smallest absolute Gasteiger partial charge is 0.317 e. The third kappa shape index (κ3) is 4.54. The number of piperidine rings is 1. The van der Waals surface area contributed by atoms with Gasteiger partial charge in [-0.15, -0.1) is 0 Å². The maximum Gasteiger partial charge on any atom is 0.317 e. The molecule has 3 rings (SSSR count). The summed E-state index contributed by atoms with van der Waals surface area (Å²) in [6, 6.07) is 8.77. The van der Waals surface area contributed by atoms with E-state index in [2.05, 4.69) is 46.4 Å². The minimum absolute atomic E-state index is 0.0607. The lowest BCUT2D eigenvalue weighted by atomic mass is 10.1. The Hall–Kier alpha value is -2.01. The van der Waals surface area contributed by atoms with Crippen molar-refractivity contribution in [2.45, 2.75) is 45.7 Å². The lowest BCUT2D eigenvalue weighted by molar-refractivity contribution is 0.172. The zero-order valence-electron chi connectivity index (χ0n) is 15.4. The highest BCUT2D eigenvalue weighted by molar-refractivity contribution is 5.80. The van der Waals surface area contributed by atoms with Gasteiger partial charge in [0.1, 0.15) is 0 Å². The summed E-state index contributed by atoms with van der Waals surface area (Å²) >= 11 is 0. The Labute approximate surface area is 150 Å². The molecule has 2 aromatic rings. The molecule has 1 saturated heterocycles. The Morgan fingerprint density at radius 3 is 2.80 bits per heavy atom. The van der Waals surface area contributed by atoms with Gasteiger partial charge in [-0.3, -0.25) is 0 Å². The average molecular weight is 342 g/mol. The van der Waals surface area contributed by atoms with Gasteiger partial charge < -0.3 is 20.1 Å². The molecule has 5 nitrogen and oxygen atoms in total. The number of nitrogens with zero attached hydrogens (tertiary/aromatic N) is 2. The molecule has 1 aromatic heterocycles. The number of aromatic amines is 1. The minimum atomic E-state index is 0.0607. The first-order chi connectivity index (χ1) is 12.2. The molecular formula is C20H30N4O. The fourth-order valence-electron chi connectivity index (χ4n) is 3.63. The first-order valence-electron chi connectivity index (χ1n) is 9.53. The van der Waals surface area contributed by atoms with Crippen LogP contribution in [-0.2, 0) is 6.54 Å². The van der Waals surface area contributed by atoms with E-state index in [9.17, 15) is 4.79 Å². The van der Waals surface area contributed by atoms with Crippen LogP contribution < -0.4 is 5.32 Å². The van der Waals surface area contributed by atoms with Crippen molar-refractivity contribution in [2.75, 3.05) is 26.2 Å². The maximum atomic E-state index is 12.7. The first-order valence-corrected chi connectivity index (χ1v) is 9.53. The van der Waals surface area contributed by atoms with Crippen molar-refractivity contribution in [1.29, 1.82) is 0 Å². The number of carbonyl (C=O) groups excluding carboxylic acids is 1. The van der Waals surface area contributed by atoms with Crippen LogP contribution in [0.15, 0.2) is 30.5 Å². The second-order valence-corrected chi connectivity index (χ2v) is 6.98. The summed E-state index contributed by atoms with van der Waals surface area (Å²) in [7, 11) is 0. The molecule has 25 heavy (non-hydrogen) atoms. The number of aromatic nitrogens is 1. The number of H-pyrrole nitrogens is 1. The number of nitrogens with one attached hydrogen (secondary N) is 2. The van der Waals surface area contributed by atoms with E-state index in [1.54, 1.807) is 0 Å². The van der Waals surface area contributed by atoms with Crippen LogP contribution in [0.25, 0.3) is 10.9 Å². The second-order valence-electron chi connectivity index (χ2n) is 6.98. The highest BCUT2D eigenvalue weighted by Gasteiger charge is 2.22. The molecule has 2 amide bonds. The molecule has 0 saturated carbocycles. The molecule has 0 spiro atoms. The van der Waals surface area contributed by atoms with Gasteiger partial charge in [-0.1, -0.05) is 13.0 Å². The van der Waals surface area contributed by atoms with E-state index in [1.165, 1.54) is 23.9 Å². The number of fused-ring (bicyclic) bond motifs is 1. The van der Waals surface area contributed by atoms with E-state index in [4.69, 9.17) is 0 Å². The minimum Gasteiger partial charge on any atom is -0.361 e. The van der Waals surface area contributed by atoms with Crippen molar-refractivity contribution in [1.82, 2.24) is 20.1 Å². The van der Waals surface area contributed by atoms with Crippen LogP contribution in [0, 0.1) is 0 Å². The van der Waals surface area contributed by atoms with Crippen LogP contribution in [-0.4, -0.2) is 53.0 Å². The maximum absolute atomic E-state index is 12.7. The molecular weight excluding hydrogens is 312 g/mol. The quantitative estimate of drug-likeness (QED) is 0.843. The lowest BCUT2D eigenvalue weighted by Crippen LogP contribution is -2.49. The molecule has 1 aliphatic heterocycles. The van der Waals surface area contributed by atoms with Gasteiger partial charge in [0.2, 0.25) is 0 Å². The van der Waals surface area contributed by atoms with E-state index < -0.39 is 0 Å². The molecule has 136 valence electrons. The third-order valence-electron chi connectivity index (χ3n) is 5.12. The number of amides is 2. The van der Waals surface area contributed by atoms with Gasteiger partial charge in [0, 0.05) is 43.9 Å². The van der Waals surface area contributed by atoms with Gasteiger partial charge in [0.15, 0.2) is 0 Å². The Morgan fingerprint density at radius 1 is 1.28 bits per heavy atom. The van der Waals surface area contributed by atoms with E-state index >= 15 is 0 Å². The summed E-state index contributed by atoms with van der Waals surface area (Å²) in [4.78, 5) is 20.3. The molecule has 0 aliphatic carbocycles. The molecule has 1 aliphatic rings. The SMILES string of the molecule is CCCN1CCC(NC(=O)N(CC)Cc2ccc3[nH]ccc3c2)CC1. The predicted octanol–water partition coefficient (Wildman–Crippen LogP) is 3.57. The molecule has 1 fully saturated rings. The van der Waals surface area contributed by atoms with Crippen LogP contribution in [0.4, 0.5) is 4.79 Å². The second kappa shape index (κ2) is 8.39. The van der Waals surface area contributed by atoms with E-state index in [1.807, 2.05) is 18.0 Å². The highest BCUT2D eigenvalue weighted by atomic mass is 16.2. The molecule has 5 heteroatoms. The normalized spacial score (nSPS) is 16.2. The summed E-state index contributed by atoms with van der Waals surface area (Å²) in [6.07, 6.45) is 5.26. The standard InChI is InChI=1S/C20H30N4O/c1-3-11-23-12-8-18(9-13-23)22-20(25)24(4-2)15-16-5-6-19-17(14-16)7-10-21-19/h5-7,10,14,18,21H,3-4,8-9,11-13,15H2,1-2H3,(H,22,25). The van der Waals surface area contributed by atoms with Crippen LogP contribution in [0.3, 0.4) is 0 Å². The van der Waals surface area contributed by atoms with Gasteiger partial charge in [-0.05, 0) is 61.9 Å². The molecule has 2 heterocycles. The summed E-state index contributed by atoms with van der Waals surface area (Å²) in [5, 5.41) is 4.43. The van der Waals surface area contributed by atoms with Crippen LogP contribution in [0.1, 0.15) is 38.7 Å². The number of carbonyl (C=O) groups is 1. The van der Waals surface area contributed by atoms with E-state index in [0.29, 0.717) is 19.1 Å². The zero-order valence-corrected chi connectivity index (χ0v) is 15.4.